The second kappa shape index (κ2) is 10.7. The minimum atomic E-state index is 0. The van der Waals surface area contributed by atoms with Gasteiger partial charge < -0.3 is 12.4 Å². The van der Waals surface area contributed by atoms with Crippen molar-refractivity contribution in [1.82, 2.24) is 0 Å². The van der Waals surface area contributed by atoms with Crippen LogP contribution in [-0.2, 0) is 19.7 Å². The molecule has 0 saturated heterocycles. The maximum absolute atomic E-state index is 4.72. The zero-order valence-corrected chi connectivity index (χ0v) is 8.96. The van der Waals surface area contributed by atoms with Gasteiger partial charge in [-0.1, -0.05) is 0 Å². The Morgan fingerprint density at radius 1 is 1.36 bits per heavy atom. The molecule has 72 valence electrons. The summed E-state index contributed by atoms with van der Waals surface area (Å²) < 4.78 is 4.72. The molecule has 3 heteroatoms. The second-order valence-electron chi connectivity index (χ2n) is 2.67. The number of hydrogen-bond donors (Lipinski definition) is 0. The first kappa shape index (κ1) is 14.3. The summed E-state index contributed by atoms with van der Waals surface area (Å²) in [5, 5.41) is 0. The molecule has 0 amide bonds. The van der Waals surface area contributed by atoms with Crippen molar-refractivity contribution in [3.63, 3.8) is 0 Å². The fourth-order valence-electron chi connectivity index (χ4n) is 0.973. The number of rotatable bonds is 6. The van der Waals surface area contributed by atoms with Crippen LogP contribution in [0.1, 0.15) is 39.5 Å². The zero-order valence-electron chi connectivity index (χ0n) is 7.22. The molecule has 0 aromatic carbocycles. The first-order valence-electron chi connectivity index (χ1n) is 4.06. The molecule has 0 bridgehead atoms. The van der Waals surface area contributed by atoms with Gasteiger partial charge >= 0.3 is 71.7 Å². The number of hydrogen-bond acceptors (Lipinski definition) is 1. The summed E-state index contributed by atoms with van der Waals surface area (Å²) >= 11 is 4.18. The van der Waals surface area contributed by atoms with E-state index in [0.29, 0.717) is 5.92 Å². The largest absolute Gasteiger partial charge is 1.00 e. The van der Waals surface area contributed by atoms with Gasteiger partial charge in [0.15, 0.2) is 0 Å². The van der Waals surface area contributed by atoms with E-state index < -0.39 is 0 Å². The third kappa shape index (κ3) is 8.65. The summed E-state index contributed by atoms with van der Waals surface area (Å²) in [5.41, 5.74) is 0. The molecule has 0 aliphatic rings. The van der Waals surface area contributed by atoms with E-state index in [4.69, 9.17) is 3.88 Å². The predicted octanol–water partition coefficient (Wildman–Crippen LogP) is -0.315. The van der Waals surface area contributed by atoms with Crippen LogP contribution in [-0.4, -0.2) is 6.61 Å². The van der Waals surface area contributed by atoms with Gasteiger partial charge in [-0.05, 0) is 0 Å². The molecule has 1 nitrogen and oxygen atoms in total. The molecule has 1 atom stereocenters. The van der Waals surface area contributed by atoms with E-state index in [0.717, 1.165) is 6.61 Å². The molecule has 0 spiro atoms. The smallest absolute Gasteiger partial charge is 1.00 e. The third-order valence-corrected chi connectivity index (χ3v) is 2.00. The van der Waals surface area contributed by atoms with Gasteiger partial charge in [-0.3, -0.25) is 0 Å². The number of halogens is 1. The molecule has 0 aromatic heterocycles. The molecular formula is C8H17ClNiO. The van der Waals surface area contributed by atoms with E-state index in [1.807, 2.05) is 0 Å². The Morgan fingerprint density at radius 3 is 2.36 bits per heavy atom. The first-order chi connectivity index (χ1) is 4.85. The molecule has 0 aliphatic carbocycles. The fraction of sp³-hybridized carbons (Fsp3) is 1.00. The van der Waals surface area contributed by atoms with E-state index in [1.54, 1.807) is 0 Å². The molecule has 0 rings (SSSR count). The van der Waals surface area contributed by atoms with Gasteiger partial charge in [0.2, 0.25) is 0 Å². The van der Waals surface area contributed by atoms with Gasteiger partial charge in [-0.2, -0.15) is 0 Å². The fourth-order valence-corrected chi connectivity index (χ4v) is 1.21. The van der Waals surface area contributed by atoms with Crippen LogP contribution in [0.3, 0.4) is 0 Å². The Morgan fingerprint density at radius 2 is 2.00 bits per heavy atom. The first-order valence-corrected chi connectivity index (χ1v) is 4.46. The minimum Gasteiger partial charge on any atom is -1.00 e. The average molecular weight is 223 g/mol. The van der Waals surface area contributed by atoms with Crippen LogP contribution in [0.5, 0.6) is 0 Å². The van der Waals surface area contributed by atoms with Crippen molar-refractivity contribution in [2.45, 2.75) is 39.5 Å². The van der Waals surface area contributed by atoms with Gasteiger partial charge in [-0.15, -0.1) is 0 Å². The van der Waals surface area contributed by atoms with Crippen LogP contribution in [0.4, 0.5) is 0 Å². The van der Waals surface area contributed by atoms with E-state index in [2.05, 4.69) is 29.6 Å². The van der Waals surface area contributed by atoms with Gasteiger partial charge in [0, 0.05) is 0 Å². The van der Waals surface area contributed by atoms with Crippen molar-refractivity contribution in [3.8, 4) is 0 Å². The minimum absolute atomic E-state index is 0. The third-order valence-electron chi connectivity index (χ3n) is 1.83. The van der Waals surface area contributed by atoms with Crippen molar-refractivity contribution >= 4 is 0 Å². The van der Waals surface area contributed by atoms with Crippen LogP contribution in [0, 0.1) is 5.92 Å². The van der Waals surface area contributed by atoms with Gasteiger partial charge in [0.1, 0.15) is 0 Å². The summed E-state index contributed by atoms with van der Waals surface area (Å²) in [7, 11) is 0. The molecule has 0 fully saturated rings. The Kier molecular flexibility index (Phi) is 13.9. The summed E-state index contributed by atoms with van der Waals surface area (Å²) in [6, 6.07) is 0. The van der Waals surface area contributed by atoms with Crippen LogP contribution in [0.25, 0.3) is 0 Å². The van der Waals surface area contributed by atoms with Crippen molar-refractivity contribution in [2.24, 2.45) is 5.92 Å². The SMILES string of the molecule is CCCCC(CC)C[O][Ni+].[Cl-]. The quantitative estimate of drug-likeness (QED) is 0.561. The Bertz CT molecular complexity index is 71.1. The molecule has 1 unspecified atom stereocenters. The number of unbranched alkanes of at least 4 members (excludes halogenated alkanes) is 1. The Hall–Kier alpha value is 0.744. The molecule has 11 heavy (non-hydrogen) atoms. The van der Waals surface area contributed by atoms with Gasteiger partial charge in [0.25, 0.3) is 0 Å². The molecule has 0 aromatic rings. The molecule has 0 aliphatic heterocycles. The van der Waals surface area contributed by atoms with Crippen molar-refractivity contribution < 1.29 is 32.1 Å². The topological polar surface area (TPSA) is 9.23 Å². The summed E-state index contributed by atoms with van der Waals surface area (Å²) in [4.78, 5) is 0. The van der Waals surface area contributed by atoms with Crippen LogP contribution in [0.2, 0.25) is 0 Å². The molecular weight excluding hydrogens is 206 g/mol. The second-order valence-corrected chi connectivity index (χ2v) is 2.96. The standard InChI is InChI=1S/C8H17O.ClH.Ni/c1-3-5-6-8(4-2)7-9;;/h8H,3-7H2,1-2H3;1H;/q-1;;+2/p-1. The monoisotopic (exact) mass is 222 g/mol. The maximum atomic E-state index is 4.72. The maximum Gasteiger partial charge on any atom is -1.00 e. The Balaban J connectivity index is 0. The van der Waals surface area contributed by atoms with Crippen molar-refractivity contribution in [2.75, 3.05) is 6.61 Å². The van der Waals surface area contributed by atoms with E-state index in [1.165, 1.54) is 25.7 Å². The molecule has 0 N–H and O–H groups in total. The van der Waals surface area contributed by atoms with E-state index in [9.17, 15) is 0 Å². The van der Waals surface area contributed by atoms with E-state index >= 15 is 0 Å². The van der Waals surface area contributed by atoms with Crippen molar-refractivity contribution in [3.05, 3.63) is 0 Å². The van der Waals surface area contributed by atoms with Gasteiger partial charge in [-0.25, -0.2) is 0 Å². The molecule has 0 radical (unpaired) electrons. The van der Waals surface area contributed by atoms with E-state index in [-0.39, 0.29) is 12.4 Å². The molecule has 0 saturated carbocycles. The zero-order chi connectivity index (χ0) is 7.82. The van der Waals surface area contributed by atoms with Gasteiger partial charge in [0.05, 0.1) is 0 Å². The van der Waals surface area contributed by atoms with Crippen LogP contribution >= 0.6 is 0 Å². The Labute approximate surface area is 84.4 Å². The van der Waals surface area contributed by atoms with Crippen LogP contribution in [0.15, 0.2) is 0 Å². The van der Waals surface area contributed by atoms with Crippen molar-refractivity contribution in [1.29, 1.82) is 0 Å². The summed E-state index contributed by atoms with van der Waals surface area (Å²) in [6.45, 7) is 5.18. The summed E-state index contributed by atoms with van der Waals surface area (Å²) in [5.74, 6) is 0.702. The van der Waals surface area contributed by atoms with Crippen LogP contribution < -0.4 is 12.4 Å². The molecule has 0 heterocycles. The summed E-state index contributed by atoms with van der Waals surface area (Å²) in [6.07, 6.45) is 5.05. The predicted molar refractivity (Wildman–Crippen MR) is 39.3 cm³/mol. The average Bonchev–Trinajstić information content (AvgIpc) is 1.98. The normalized spacial score (nSPS) is 12.4.